The number of rotatable bonds is 3. The second kappa shape index (κ2) is 5.21. The fraction of sp³-hybridized carbons (Fsp3) is 0.429. The zero-order valence-corrected chi connectivity index (χ0v) is 10.7. The Morgan fingerprint density at radius 1 is 1.44 bits per heavy atom. The predicted molar refractivity (Wildman–Crippen MR) is 71.4 cm³/mol. The van der Waals surface area contributed by atoms with Crippen molar-refractivity contribution in [3.63, 3.8) is 0 Å². The molecule has 4 heteroatoms. The Balaban J connectivity index is 2.25. The van der Waals surface area contributed by atoms with Gasteiger partial charge in [0.15, 0.2) is 0 Å². The van der Waals surface area contributed by atoms with Crippen molar-refractivity contribution in [3.05, 3.63) is 30.0 Å². The molecule has 0 amide bonds. The van der Waals surface area contributed by atoms with Crippen LogP contribution in [0.15, 0.2) is 24.4 Å². The molecule has 1 aliphatic heterocycles. The topological polar surface area (TPSA) is 53.4 Å². The number of anilines is 1. The van der Waals surface area contributed by atoms with Crippen LogP contribution >= 0.6 is 0 Å². The normalized spacial score (nSPS) is 23.8. The molecule has 2 heterocycles. The maximum Gasteiger partial charge on any atom is 0.328 e. The summed E-state index contributed by atoms with van der Waals surface area (Å²) in [6.45, 7) is 6.43. The molecule has 1 aliphatic rings. The number of hydrogen-bond donors (Lipinski definition) is 1. The number of aliphatic carboxylic acids is 1. The Kier molecular flexibility index (Phi) is 3.65. The molecule has 1 aromatic heterocycles. The van der Waals surface area contributed by atoms with E-state index in [1.807, 2.05) is 12.1 Å². The van der Waals surface area contributed by atoms with Crippen molar-refractivity contribution in [2.75, 3.05) is 18.0 Å². The predicted octanol–water partition coefficient (Wildman–Crippen LogP) is 2.27. The van der Waals surface area contributed by atoms with Crippen LogP contribution in [0.4, 0.5) is 5.82 Å². The van der Waals surface area contributed by atoms with Crippen LogP contribution in [-0.2, 0) is 4.79 Å². The zero-order chi connectivity index (χ0) is 13.1. The van der Waals surface area contributed by atoms with Gasteiger partial charge in [0.05, 0.1) is 0 Å². The van der Waals surface area contributed by atoms with Gasteiger partial charge in [-0.15, -0.1) is 0 Å². The highest BCUT2D eigenvalue weighted by molar-refractivity contribution is 5.86. The van der Waals surface area contributed by atoms with Gasteiger partial charge in [-0.2, -0.15) is 0 Å². The lowest BCUT2D eigenvalue weighted by molar-refractivity contribution is -0.131. The lowest BCUT2D eigenvalue weighted by Crippen LogP contribution is -2.21. The largest absolute Gasteiger partial charge is 0.478 e. The van der Waals surface area contributed by atoms with Crippen LogP contribution < -0.4 is 4.90 Å². The third-order valence-electron chi connectivity index (χ3n) is 3.51. The second-order valence-corrected chi connectivity index (χ2v) is 4.95. The minimum Gasteiger partial charge on any atom is -0.478 e. The van der Waals surface area contributed by atoms with Crippen LogP contribution in [0.2, 0.25) is 0 Å². The quantitative estimate of drug-likeness (QED) is 0.831. The maximum atomic E-state index is 10.6. The molecular formula is C14H18N2O2. The molecule has 18 heavy (non-hydrogen) atoms. The molecule has 1 N–H and O–H groups in total. The van der Waals surface area contributed by atoms with Gasteiger partial charge in [0, 0.05) is 30.9 Å². The van der Waals surface area contributed by atoms with Gasteiger partial charge in [-0.1, -0.05) is 13.8 Å². The first kappa shape index (κ1) is 12.6. The number of aromatic nitrogens is 1. The van der Waals surface area contributed by atoms with Crippen molar-refractivity contribution >= 4 is 17.9 Å². The average Bonchev–Trinajstić information content (AvgIpc) is 2.67. The highest BCUT2D eigenvalue weighted by Crippen LogP contribution is 2.28. The molecule has 1 aromatic rings. The summed E-state index contributed by atoms with van der Waals surface area (Å²) in [5, 5.41) is 8.69. The SMILES string of the molecule is CC1CN(c2ncccc2/C=C/C(=O)O)CC1C. The van der Waals surface area contributed by atoms with Crippen LogP contribution in [0.5, 0.6) is 0 Å². The Bertz CT molecular complexity index is 461. The Morgan fingerprint density at radius 2 is 2.11 bits per heavy atom. The summed E-state index contributed by atoms with van der Waals surface area (Å²) in [5.41, 5.74) is 0.862. The molecule has 2 rings (SSSR count). The molecule has 0 radical (unpaired) electrons. The summed E-state index contributed by atoms with van der Waals surface area (Å²) in [6, 6.07) is 3.73. The van der Waals surface area contributed by atoms with Gasteiger partial charge in [0.25, 0.3) is 0 Å². The van der Waals surface area contributed by atoms with E-state index in [4.69, 9.17) is 5.11 Å². The van der Waals surface area contributed by atoms with Crippen LogP contribution in [-0.4, -0.2) is 29.1 Å². The summed E-state index contributed by atoms with van der Waals surface area (Å²) in [7, 11) is 0. The molecule has 0 aliphatic carbocycles. The molecule has 0 bridgehead atoms. The van der Waals surface area contributed by atoms with Crippen LogP contribution in [0.3, 0.4) is 0 Å². The monoisotopic (exact) mass is 246 g/mol. The van der Waals surface area contributed by atoms with Crippen molar-refractivity contribution in [1.82, 2.24) is 4.98 Å². The van der Waals surface area contributed by atoms with Gasteiger partial charge in [-0.05, 0) is 30.0 Å². The van der Waals surface area contributed by atoms with Crippen molar-refractivity contribution in [1.29, 1.82) is 0 Å². The first-order valence-electron chi connectivity index (χ1n) is 6.19. The number of nitrogens with zero attached hydrogens (tertiary/aromatic N) is 2. The van der Waals surface area contributed by atoms with E-state index in [2.05, 4.69) is 23.7 Å². The first-order valence-corrected chi connectivity index (χ1v) is 6.19. The van der Waals surface area contributed by atoms with E-state index < -0.39 is 5.97 Å². The summed E-state index contributed by atoms with van der Waals surface area (Å²) in [4.78, 5) is 17.2. The fourth-order valence-corrected chi connectivity index (χ4v) is 2.27. The van der Waals surface area contributed by atoms with Gasteiger partial charge in [0.2, 0.25) is 0 Å². The molecule has 0 saturated carbocycles. The molecule has 4 nitrogen and oxygen atoms in total. The van der Waals surface area contributed by atoms with E-state index in [1.54, 1.807) is 12.3 Å². The highest BCUT2D eigenvalue weighted by Gasteiger charge is 2.27. The van der Waals surface area contributed by atoms with Crippen molar-refractivity contribution in [2.24, 2.45) is 11.8 Å². The Labute approximate surface area is 107 Å². The summed E-state index contributed by atoms with van der Waals surface area (Å²) >= 11 is 0. The van der Waals surface area contributed by atoms with E-state index in [0.717, 1.165) is 30.5 Å². The lowest BCUT2D eigenvalue weighted by Gasteiger charge is -2.19. The maximum absolute atomic E-state index is 10.6. The molecule has 0 spiro atoms. The summed E-state index contributed by atoms with van der Waals surface area (Å²) in [6.07, 6.45) is 4.52. The lowest BCUT2D eigenvalue weighted by atomic mass is 10.0. The smallest absolute Gasteiger partial charge is 0.328 e. The van der Waals surface area contributed by atoms with Crippen molar-refractivity contribution in [2.45, 2.75) is 13.8 Å². The molecule has 2 unspecified atom stereocenters. The molecular weight excluding hydrogens is 228 g/mol. The van der Waals surface area contributed by atoms with E-state index in [1.165, 1.54) is 0 Å². The highest BCUT2D eigenvalue weighted by atomic mass is 16.4. The van der Waals surface area contributed by atoms with Crippen LogP contribution in [0, 0.1) is 11.8 Å². The van der Waals surface area contributed by atoms with Gasteiger partial charge in [0.1, 0.15) is 5.82 Å². The zero-order valence-electron chi connectivity index (χ0n) is 10.7. The Hall–Kier alpha value is -1.84. The third-order valence-corrected chi connectivity index (χ3v) is 3.51. The first-order chi connectivity index (χ1) is 8.58. The molecule has 96 valence electrons. The average molecular weight is 246 g/mol. The fourth-order valence-electron chi connectivity index (χ4n) is 2.27. The van der Waals surface area contributed by atoms with Crippen molar-refractivity contribution < 1.29 is 9.90 Å². The van der Waals surface area contributed by atoms with E-state index >= 15 is 0 Å². The van der Waals surface area contributed by atoms with Gasteiger partial charge >= 0.3 is 5.97 Å². The second-order valence-electron chi connectivity index (χ2n) is 4.95. The number of carboxylic acids is 1. The minimum atomic E-state index is -0.937. The number of hydrogen-bond acceptors (Lipinski definition) is 3. The third kappa shape index (κ3) is 2.70. The van der Waals surface area contributed by atoms with E-state index in [0.29, 0.717) is 11.8 Å². The van der Waals surface area contributed by atoms with Gasteiger partial charge < -0.3 is 10.0 Å². The van der Waals surface area contributed by atoms with Crippen molar-refractivity contribution in [3.8, 4) is 0 Å². The van der Waals surface area contributed by atoms with E-state index in [-0.39, 0.29) is 0 Å². The van der Waals surface area contributed by atoms with Crippen LogP contribution in [0.1, 0.15) is 19.4 Å². The minimum absolute atomic E-state index is 0.642. The molecule has 0 aromatic carbocycles. The molecule has 1 fully saturated rings. The number of carbonyl (C=O) groups is 1. The summed E-state index contributed by atoms with van der Waals surface area (Å²) in [5.74, 6) is 1.23. The van der Waals surface area contributed by atoms with Gasteiger partial charge in [-0.25, -0.2) is 9.78 Å². The molecule has 1 saturated heterocycles. The standard InChI is InChI=1S/C14H18N2O2/c1-10-8-16(9-11(10)2)14-12(4-3-7-15-14)5-6-13(17)18/h3-7,10-11H,8-9H2,1-2H3,(H,17,18)/b6-5+. The van der Waals surface area contributed by atoms with Crippen LogP contribution in [0.25, 0.3) is 6.08 Å². The number of carboxylic acid groups (broad SMARTS) is 1. The van der Waals surface area contributed by atoms with Gasteiger partial charge in [-0.3, -0.25) is 0 Å². The Morgan fingerprint density at radius 3 is 2.72 bits per heavy atom. The van der Waals surface area contributed by atoms with E-state index in [9.17, 15) is 4.79 Å². The molecule has 2 atom stereocenters. The number of pyridine rings is 1. The summed E-state index contributed by atoms with van der Waals surface area (Å²) < 4.78 is 0.